The van der Waals surface area contributed by atoms with Crippen LogP contribution in [0.5, 0.6) is 0 Å². The van der Waals surface area contributed by atoms with Gasteiger partial charge in [-0.1, -0.05) is 0 Å². The Balaban J connectivity index is 2.32. The zero-order valence-corrected chi connectivity index (χ0v) is 8.62. The highest BCUT2D eigenvalue weighted by Gasteiger charge is 2.30. The predicted octanol–water partition coefficient (Wildman–Crippen LogP) is 0.635. The van der Waals surface area contributed by atoms with Crippen LogP contribution in [-0.4, -0.2) is 33.4 Å². The lowest BCUT2D eigenvalue weighted by Crippen LogP contribution is -2.29. The summed E-state index contributed by atoms with van der Waals surface area (Å²) in [6.07, 6.45) is 0. The fraction of sp³-hybridized carbons (Fsp3) is 0.200. The van der Waals surface area contributed by atoms with Crippen LogP contribution < -0.4 is 0 Å². The number of rotatable bonds is 3. The first-order valence-electron chi connectivity index (χ1n) is 4.77. The van der Waals surface area contributed by atoms with Crippen LogP contribution in [0, 0.1) is 10.1 Å². The number of non-ortho nitro benzene ring substituents is 1. The SMILES string of the molecule is O=C(O)CN1Cc2ccc([N+](=O)[O-])cc2C1=O. The van der Waals surface area contributed by atoms with Gasteiger partial charge in [0.2, 0.25) is 0 Å². The second kappa shape index (κ2) is 3.85. The molecule has 1 aromatic rings. The molecular weight excluding hydrogens is 228 g/mol. The molecule has 17 heavy (non-hydrogen) atoms. The van der Waals surface area contributed by atoms with Gasteiger partial charge in [-0.3, -0.25) is 19.7 Å². The Kier molecular flexibility index (Phi) is 2.51. The van der Waals surface area contributed by atoms with E-state index in [1.54, 1.807) is 0 Å². The highest BCUT2D eigenvalue weighted by atomic mass is 16.6. The average Bonchev–Trinajstić information content (AvgIpc) is 2.55. The summed E-state index contributed by atoms with van der Waals surface area (Å²) in [4.78, 5) is 33.4. The van der Waals surface area contributed by atoms with Gasteiger partial charge in [-0.2, -0.15) is 0 Å². The van der Waals surface area contributed by atoms with Gasteiger partial charge in [-0.05, 0) is 11.6 Å². The van der Waals surface area contributed by atoms with Crippen molar-refractivity contribution in [3.63, 3.8) is 0 Å². The highest BCUT2D eigenvalue weighted by Crippen LogP contribution is 2.26. The second-order valence-electron chi connectivity index (χ2n) is 3.65. The maximum atomic E-state index is 11.7. The molecule has 0 aliphatic carbocycles. The number of benzene rings is 1. The molecule has 1 amide bonds. The van der Waals surface area contributed by atoms with E-state index in [1.165, 1.54) is 18.2 Å². The zero-order chi connectivity index (χ0) is 12.6. The molecule has 0 aromatic heterocycles. The maximum absolute atomic E-state index is 11.7. The number of aliphatic carboxylic acids is 1. The zero-order valence-electron chi connectivity index (χ0n) is 8.62. The van der Waals surface area contributed by atoms with Gasteiger partial charge in [-0.15, -0.1) is 0 Å². The van der Waals surface area contributed by atoms with Crippen LogP contribution in [0.3, 0.4) is 0 Å². The summed E-state index contributed by atoms with van der Waals surface area (Å²) in [6.45, 7) is -0.222. The van der Waals surface area contributed by atoms with Crippen molar-refractivity contribution in [2.45, 2.75) is 6.54 Å². The van der Waals surface area contributed by atoms with Crippen LogP contribution in [0.15, 0.2) is 18.2 Å². The molecule has 7 nitrogen and oxygen atoms in total. The van der Waals surface area contributed by atoms with E-state index in [-0.39, 0.29) is 17.8 Å². The van der Waals surface area contributed by atoms with Crippen LogP contribution in [0.2, 0.25) is 0 Å². The van der Waals surface area contributed by atoms with Gasteiger partial charge >= 0.3 is 5.97 Å². The Morgan fingerprint density at radius 3 is 2.82 bits per heavy atom. The first-order valence-corrected chi connectivity index (χ1v) is 4.77. The molecule has 0 fully saturated rings. The molecule has 0 unspecified atom stereocenters. The fourth-order valence-electron chi connectivity index (χ4n) is 1.75. The van der Waals surface area contributed by atoms with E-state index in [0.29, 0.717) is 5.56 Å². The Morgan fingerprint density at radius 1 is 1.53 bits per heavy atom. The lowest BCUT2D eigenvalue weighted by atomic mass is 10.1. The molecule has 1 heterocycles. The number of hydrogen-bond donors (Lipinski definition) is 1. The molecule has 7 heteroatoms. The van der Waals surface area contributed by atoms with Crippen LogP contribution in [0.1, 0.15) is 15.9 Å². The summed E-state index contributed by atoms with van der Waals surface area (Å²) >= 11 is 0. The van der Waals surface area contributed by atoms with Crippen molar-refractivity contribution < 1.29 is 19.6 Å². The molecule has 88 valence electrons. The Bertz CT molecular complexity index is 525. The predicted molar refractivity (Wildman–Crippen MR) is 55.5 cm³/mol. The van der Waals surface area contributed by atoms with Crippen molar-refractivity contribution in [3.05, 3.63) is 39.4 Å². The van der Waals surface area contributed by atoms with Gasteiger partial charge in [0.05, 0.1) is 10.5 Å². The Morgan fingerprint density at radius 2 is 2.24 bits per heavy atom. The summed E-state index contributed by atoms with van der Waals surface area (Å²) < 4.78 is 0. The second-order valence-corrected chi connectivity index (χ2v) is 3.65. The number of nitro benzene ring substituents is 1. The molecule has 0 saturated carbocycles. The quantitative estimate of drug-likeness (QED) is 0.612. The summed E-state index contributed by atoms with van der Waals surface area (Å²) in [5, 5.41) is 19.2. The van der Waals surface area contributed by atoms with E-state index in [0.717, 1.165) is 4.90 Å². The summed E-state index contributed by atoms with van der Waals surface area (Å²) in [7, 11) is 0. The average molecular weight is 236 g/mol. The molecular formula is C10H8N2O5. The topological polar surface area (TPSA) is 101 Å². The smallest absolute Gasteiger partial charge is 0.323 e. The number of hydrogen-bond acceptors (Lipinski definition) is 4. The minimum atomic E-state index is -1.11. The van der Waals surface area contributed by atoms with Crippen molar-refractivity contribution in [3.8, 4) is 0 Å². The first kappa shape index (κ1) is 11.1. The van der Waals surface area contributed by atoms with Gasteiger partial charge in [0, 0.05) is 18.7 Å². The van der Waals surface area contributed by atoms with Gasteiger partial charge in [0.15, 0.2) is 0 Å². The lowest BCUT2D eigenvalue weighted by Gasteiger charge is -2.11. The van der Waals surface area contributed by atoms with Crippen LogP contribution in [-0.2, 0) is 11.3 Å². The number of carboxylic acid groups (broad SMARTS) is 1. The van der Waals surface area contributed by atoms with Crippen LogP contribution in [0.25, 0.3) is 0 Å². The van der Waals surface area contributed by atoms with Gasteiger partial charge in [-0.25, -0.2) is 0 Å². The third-order valence-corrected chi connectivity index (χ3v) is 2.51. The van der Waals surface area contributed by atoms with E-state index in [1.807, 2.05) is 0 Å². The van der Waals surface area contributed by atoms with Gasteiger partial charge in [0.1, 0.15) is 6.54 Å². The lowest BCUT2D eigenvalue weighted by molar-refractivity contribution is -0.384. The van der Waals surface area contributed by atoms with Crippen molar-refractivity contribution in [2.75, 3.05) is 6.54 Å². The van der Waals surface area contributed by atoms with Crippen molar-refractivity contribution in [2.24, 2.45) is 0 Å². The molecule has 0 spiro atoms. The first-order chi connectivity index (χ1) is 7.99. The minimum Gasteiger partial charge on any atom is -0.480 e. The monoisotopic (exact) mass is 236 g/mol. The van der Waals surface area contributed by atoms with Crippen LogP contribution in [0.4, 0.5) is 5.69 Å². The molecule has 0 bridgehead atoms. The number of carbonyl (C=O) groups excluding carboxylic acids is 1. The molecule has 1 aliphatic rings. The molecule has 0 radical (unpaired) electrons. The number of nitrogens with zero attached hydrogens (tertiary/aromatic N) is 2. The molecule has 0 atom stereocenters. The fourth-order valence-corrected chi connectivity index (χ4v) is 1.75. The van der Waals surface area contributed by atoms with E-state index in [2.05, 4.69) is 0 Å². The number of carboxylic acids is 1. The number of fused-ring (bicyclic) bond motifs is 1. The minimum absolute atomic E-state index is 0.172. The third-order valence-electron chi connectivity index (χ3n) is 2.51. The van der Waals surface area contributed by atoms with E-state index >= 15 is 0 Å². The molecule has 1 aliphatic heterocycles. The van der Waals surface area contributed by atoms with Gasteiger partial charge in [0.25, 0.3) is 11.6 Å². The largest absolute Gasteiger partial charge is 0.480 e. The molecule has 1 N–H and O–H groups in total. The molecule has 2 rings (SSSR count). The van der Waals surface area contributed by atoms with Gasteiger partial charge < -0.3 is 10.0 Å². The van der Waals surface area contributed by atoms with E-state index < -0.39 is 23.3 Å². The van der Waals surface area contributed by atoms with Crippen molar-refractivity contribution in [1.29, 1.82) is 0 Å². The number of carbonyl (C=O) groups is 2. The standard InChI is InChI=1S/C10H8N2O5/c13-9(14)5-11-4-6-1-2-7(12(16)17)3-8(6)10(11)15/h1-3H,4-5H2,(H,13,14). The third kappa shape index (κ3) is 1.94. The normalized spacial score (nSPS) is 13.6. The maximum Gasteiger partial charge on any atom is 0.323 e. The summed E-state index contributed by atoms with van der Waals surface area (Å²) in [5.41, 5.74) is 0.650. The molecule has 1 aromatic carbocycles. The molecule has 0 saturated heterocycles. The summed E-state index contributed by atoms with van der Waals surface area (Å²) in [6, 6.07) is 3.96. The van der Waals surface area contributed by atoms with Crippen molar-refractivity contribution in [1.82, 2.24) is 4.90 Å². The van der Waals surface area contributed by atoms with Crippen LogP contribution >= 0.6 is 0 Å². The van der Waals surface area contributed by atoms with E-state index in [9.17, 15) is 19.7 Å². The van der Waals surface area contributed by atoms with E-state index in [4.69, 9.17) is 5.11 Å². The Labute approximate surface area is 95.4 Å². The number of nitro groups is 1. The van der Waals surface area contributed by atoms with Crippen molar-refractivity contribution >= 4 is 17.6 Å². The highest BCUT2D eigenvalue weighted by molar-refractivity contribution is 6.00. The Hall–Kier alpha value is -2.44. The number of amides is 1. The summed E-state index contributed by atoms with van der Waals surface area (Å²) in [5.74, 6) is -1.59.